The fraction of sp³-hybridized carbons (Fsp3) is 0.0500. The minimum Gasteiger partial charge on any atom is -0.402 e. The second-order valence-corrected chi connectivity index (χ2v) is 12.5. The Hall–Kier alpha value is 0.0900. The van der Waals surface area contributed by atoms with Crippen LogP contribution in [0.2, 0.25) is 45.2 Å². The van der Waals surface area contributed by atoms with E-state index in [2.05, 4.69) is 0 Å². The van der Waals surface area contributed by atoms with E-state index in [4.69, 9.17) is 109 Å². The van der Waals surface area contributed by atoms with E-state index in [1.165, 1.54) is 43.3 Å². The molecule has 12 heteroatoms. The van der Waals surface area contributed by atoms with Crippen molar-refractivity contribution in [3.05, 3.63) is 81.6 Å². The molecule has 0 saturated heterocycles. The zero-order valence-electron chi connectivity index (χ0n) is 15.6. The maximum absolute atomic E-state index is 12.5. The van der Waals surface area contributed by atoms with E-state index in [-0.39, 0.29) is 59.9 Å². The molecule has 0 N–H and O–H groups in total. The molecule has 0 heterocycles. The minimum absolute atomic E-state index is 0.0721. The quantitative estimate of drug-likeness (QED) is 0.286. The average molecular weight is 632 g/mol. The lowest BCUT2D eigenvalue weighted by Gasteiger charge is -2.42. The van der Waals surface area contributed by atoms with Crippen LogP contribution in [0.15, 0.2) is 51.1 Å². The molecule has 32 heavy (non-hydrogen) atoms. The van der Waals surface area contributed by atoms with Crippen molar-refractivity contribution >= 4 is 121 Å². The summed E-state index contributed by atoms with van der Waals surface area (Å²) in [5, 5.41) is 1.19. The van der Waals surface area contributed by atoms with Gasteiger partial charge in [0.05, 0.1) is 44.8 Å². The normalized spacial score (nSPS) is 12.1. The van der Waals surface area contributed by atoms with Crippen LogP contribution in [0, 0.1) is 0 Å². The van der Waals surface area contributed by atoms with Gasteiger partial charge in [-0.05, 0) is 36.4 Å². The molecule has 0 aliphatic carbocycles. The third-order valence-corrected chi connectivity index (χ3v) is 10.6. The average Bonchev–Trinajstić information content (AvgIpc) is 2.57. The number of hydrogen-bond acceptors (Lipinski definition) is 2. The van der Waals surface area contributed by atoms with E-state index in [0.29, 0.717) is 0 Å². The summed E-state index contributed by atoms with van der Waals surface area (Å²) in [7, 11) is -3.28. The highest BCUT2D eigenvalue weighted by atomic mass is 35.5. The van der Waals surface area contributed by atoms with Gasteiger partial charge < -0.3 is 4.18 Å². The third kappa shape index (κ3) is 5.04. The molecule has 2 nitrogen and oxygen atoms in total. The van der Waals surface area contributed by atoms with Crippen molar-refractivity contribution in [1.29, 1.82) is 0 Å². The van der Waals surface area contributed by atoms with Gasteiger partial charge in [-0.3, -0.25) is 4.79 Å². The van der Waals surface area contributed by atoms with E-state index in [9.17, 15) is 4.79 Å². The topological polar surface area (TPSA) is 26.3 Å². The minimum atomic E-state index is -3.28. The molecule has 0 aliphatic heterocycles. The van der Waals surface area contributed by atoms with Gasteiger partial charge in [0, 0.05) is 32.3 Å². The Labute approximate surface area is 231 Å². The van der Waals surface area contributed by atoms with E-state index in [0.717, 1.165) is 0 Å². The molecule has 0 radical (unpaired) electrons. The number of benzene rings is 3. The van der Waals surface area contributed by atoms with Crippen LogP contribution in [0.25, 0.3) is 0 Å². The van der Waals surface area contributed by atoms with Crippen LogP contribution in [0.5, 0.6) is 0 Å². The number of carbonyl (C=O) groups excluding carboxylic acids is 1. The number of halogens is 9. The molecule has 0 fully saturated rings. The van der Waals surface area contributed by atoms with Crippen LogP contribution < -0.4 is 0 Å². The van der Waals surface area contributed by atoms with Gasteiger partial charge in [0.2, 0.25) is 0 Å². The summed E-state index contributed by atoms with van der Waals surface area (Å²) in [6.07, 6.45) is 0. The van der Waals surface area contributed by atoms with Gasteiger partial charge in [-0.25, -0.2) is 0 Å². The van der Waals surface area contributed by atoms with Crippen LogP contribution in [-0.4, -0.2) is 5.97 Å². The van der Waals surface area contributed by atoms with Crippen molar-refractivity contribution in [3.8, 4) is 0 Å². The molecule has 0 bridgehead atoms. The standard InChI is InChI=1S/C20H9Cl9O2S/c1-8(30)31-32(18-12(24)2-9(21)3-13(18)25,19-14(26)4-10(22)5-15(19)27)20-16(28)6-11(23)7-17(20)29/h2-7H,1H3. The predicted molar refractivity (Wildman–Crippen MR) is 139 cm³/mol. The SMILES string of the molecule is CC(=O)OS(c1c(Cl)cc(Cl)cc1Cl)(c1c(Cl)cc(Cl)cc1Cl)c1c(Cl)cc(Cl)cc1Cl. The monoisotopic (exact) mass is 628 g/mol. The van der Waals surface area contributed by atoms with Crippen LogP contribution >= 0.6 is 115 Å². The highest BCUT2D eigenvalue weighted by Gasteiger charge is 2.44. The fourth-order valence-corrected chi connectivity index (χ4v) is 10.6. The summed E-state index contributed by atoms with van der Waals surface area (Å²) in [5.41, 5.74) is 0. The highest BCUT2D eigenvalue weighted by molar-refractivity contribution is 8.30. The van der Waals surface area contributed by atoms with Crippen molar-refractivity contribution in [2.45, 2.75) is 21.6 Å². The van der Waals surface area contributed by atoms with Crippen LogP contribution in [0.4, 0.5) is 0 Å². The first-order valence-electron chi connectivity index (χ1n) is 8.35. The number of rotatable bonds is 4. The molecule has 3 aromatic rings. The summed E-state index contributed by atoms with van der Waals surface area (Å²) < 4.78 is 6.01. The Balaban J connectivity index is 2.67. The lowest BCUT2D eigenvalue weighted by atomic mass is 10.3. The van der Waals surface area contributed by atoms with Crippen LogP contribution in [0.1, 0.15) is 6.92 Å². The summed E-state index contributed by atoms with van der Waals surface area (Å²) in [6.45, 7) is 1.20. The zero-order chi connectivity index (χ0) is 24.0. The van der Waals surface area contributed by atoms with Gasteiger partial charge in [-0.1, -0.05) is 104 Å². The van der Waals surface area contributed by atoms with Crippen molar-refractivity contribution in [3.63, 3.8) is 0 Å². The molecule has 0 aromatic heterocycles. The van der Waals surface area contributed by atoms with Crippen molar-refractivity contribution < 1.29 is 8.98 Å². The maximum Gasteiger partial charge on any atom is 0.313 e. The molecule has 3 rings (SSSR count). The Morgan fingerprint density at radius 2 is 0.781 bits per heavy atom. The van der Waals surface area contributed by atoms with Gasteiger partial charge in [-0.2, -0.15) is 0 Å². The maximum atomic E-state index is 12.5. The summed E-state index contributed by atoms with van der Waals surface area (Å²) in [4.78, 5) is 13.0. The molecular formula is C20H9Cl9O2S. The van der Waals surface area contributed by atoms with Gasteiger partial charge in [0.1, 0.15) is 0 Å². The Morgan fingerprint density at radius 3 is 0.969 bits per heavy atom. The highest BCUT2D eigenvalue weighted by Crippen LogP contribution is 2.77. The fourth-order valence-electron chi connectivity index (χ4n) is 3.02. The van der Waals surface area contributed by atoms with Gasteiger partial charge in [0.15, 0.2) is 0 Å². The molecule has 170 valence electrons. The van der Waals surface area contributed by atoms with Gasteiger partial charge in [-0.15, -0.1) is 0 Å². The Kier molecular flexibility index (Phi) is 8.65. The van der Waals surface area contributed by atoms with E-state index < -0.39 is 16.3 Å². The Bertz CT molecular complexity index is 1040. The van der Waals surface area contributed by atoms with Gasteiger partial charge in [0.25, 0.3) is 0 Å². The molecule has 0 saturated carbocycles. The third-order valence-electron chi connectivity index (χ3n) is 3.99. The molecular weight excluding hydrogens is 623 g/mol. The summed E-state index contributed by atoms with van der Waals surface area (Å²) in [5.74, 6) is -0.703. The first-order valence-corrected chi connectivity index (χ1v) is 13.3. The van der Waals surface area contributed by atoms with E-state index >= 15 is 0 Å². The molecule has 0 atom stereocenters. The molecule has 0 unspecified atom stereocenters. The van der Waals surface area contributed by atoms with Crippen molar-refractivity contribution in [2.75, 3.05) is 0 Å². The van der Waals surface area contributed by atoms with E-state index in [1.807, 2.05) is 0 Å². The van der Waals surface area contributed by atoms with Crippen LogP contribution in [0.3, 0.4) is 0 Å². The largest absolute Gasteiger partial charge is 0.402 e. The Morgan fingerprint density at radius 1 is 0.562 bits per heavy atom. The van der Waals surface area contributed by atoms with E-state index in [1.54, 1.807) is 0 Å². The number of carbonyl (C=O) groups is 1. The lowest BCUT2D eigenvalue weighted by molar-refractivity contribution is -0.131. The lowest BCUT2D eigenvalue weighted by Crippen LogP contribution is -2.14. The van der Waals surface area contributed by atoms with Gasteiger partial charge >= 0.3 is 5.97 Å². The molecule has 3 aromatic carbocycles. The number of hydrogen-bond donors (Lipinski definition) is 0. The van der Waals surface area contributed by atoms with Crippen molar-refractivity contribution in [2.24, 2.45) is 0 Å². The second kappa shape index (κ2) is 10.4. The molecule has 0 amide bonds. The molecule has 0 aliphatic rings. The van der Waals surface area contributed by atoms with Crippen LogP contribution in [-0.2, 0) is 8.98 Å². The first-order chi connectivity index (χ1) is 14.9. The first kappa shape index (κ1) is 26.7. The molecule has 0 spiro atoms. The summed E-state index contributed by atoms with van der Waals surface area (Å²) >= 11 is 58.1. The summed E-state index contributed by atoms with van der Waals surface area (Å²) in [6, 6.07) is 8.61. The smallest absolute Gasteiger partial charge is 0.313 e. The predicted octanol–water partition coefficient (Wildman–Crippen LogP) is 11.3. The van der Waals surface area contributed by atoms with Crippen molar-refractivity contribution in [1.82, 2.24) is 0 Å². The second-order valence-electron chi connectivity index (χ2n) is 6.23. The zero-order valence-corrected chi connectivity index (χ0v) is 23.2.